The van der Waals surface area contributed by atoms with Crippen LogP contribution in [0.15, 0.2) is 29.3 Å². The number of para-hydroxylation sites is 1. The van der Waals surface area contributed by atoms with Gasteiger partial charge in [-0.15, -0.1) is 0 Å². The summed E-state index contributed by atoms with van der Waals surface area (Å²) < 4.78 is 5.35. The van der Waals surface area contributed by atoms with Crippen LogP contribution in [-0.2, 0) is 6.42 Å². The summed E-state index contributed by atoms with van der Waals surface area (Å²) in [5.74, 6) is 2.79. The van der Waals surface area contributed by atoms with Crippen molar-refractivity contribution in [3.63, 3.8) is 0 Å². The third-order valence-electron chi connectivity index (χ3n) is 3.64. The van der Waals surface area contributed by atoms with Crippen molar-refractivity contribution in [1.29, 1.82) is 0 Å². The first-order chi connectivity index (χ1) is 9.83. The third kappa shape index (κ3) is 4.76. The first-order valence-corrected chi connectivity index (χ1v) is 7.40. The maximum Gasteiger partial charge on any atom is 0.190 e. The highest BCUT2D eigenvalue weighted by Crippen LogP contribution is 2.31. The first-order valence-electron chi connectivity index (χ1n) is 7.40. The zero-order chi connectivity index (χ0) is 14.2. The summed E-state index contributed by atoms with van der Waals surface area (Å²) in [6.07, 6.45) is 4.99. The molecule has 110 valence electrons. The number of benzene rings is 1. The minimum absolute atomic E-state index is 0.851. The number of hydrogen-bond acceptors (Lipinski definition) is 2. The van der Waals surface area contributed by atoms with Crippen LogP contribution in [0, 0.1) is 5.92 Å². The average Bonchev–Trinajstić information content (AvgIpc) is 3.30. The van der Waals surface area contributed by atoms with Gasteiger partial charge in [0.1, 0.15) is 5.75 Å². The van der Waals surface area contributed by atoms with E-state index in [0.29, 0.717) is 0 Å². The maximum atomic E-state index is 5.35. The van der Waals surface area contributed by atoms with Crippen LogP contribution in [0.4, 0.5) is 0 Å². The second-order valence-electron chi connectivity index (χ2n) is 5.22. The highest BCUT2D eigenvalue weighted by molar-refractivity contribution is 5.79. The molecule has 1 aromatic rings. The van der Waals surface area contributed by atoms with Gasteiger partial charge in [0, 0.05) is 20.1 Å². The van der Waals surface area contributed by atoms with Gasteiger partial charge < -0.3 is 15.4 Å². The summed E-state index contributed by atoms with van der Waals surface area (Å²) in [6, 6.07) is 8.14. The van der Waals surface area contributed by atoms with E-state index in [1.807, 2.05) is 25.2 Å². The van der Waals surface area contributed by atoms with E-state index < -0.39 is 0 Å². The molecule has 4 nitrogen and oxygen atoms in total. The van der Waals surface area contributed by atoms with Crippen LogP contribution in [0.2, 0.25) is 0 Å². The molecular weight excluding hydrogens is 250 g/mol. The van der Waals surface area contributed by atoms with E-state index in [1.54, 1.807) is 7.11 Å². The Labute approximate surface area is 121 Å². The van der Waals surface area contributed by atoms with E-state index in [2.05, 4.69) is 21.7 Å². The second kappa shape index (κ2) is 7.78. The summed E-state index contributed by atoms with van der Waals surface area (Å²) >= 11 is 0. The number of methoxy groups -OCH3 is 1. The van der Waals surface area contributed by atoms with Crippen LogP contribution in [0.1, 0.15) is 24.8 Å². The Morgan fingerprint density at radius 1 is 1.25 bits per heavy atom. The predicted octanol–water partition coefficient (Wildman–Crippen LogP) is 2.20. The minimum atomic E-state index is 0.851. The summed E-state index contributed by atoms with van der Waals surface area (Å²) in [7, 11) is 3.53. The van der Waals surface area contributed by atoms with Gasteiger partial charge in [0.05, 0.1) is 7.11 Å². The van der Waals surface area contributed by atoms with Crippen molar-refractivity contribution in [3.8, 4) is 5.75 Å². The topological polar surface area (TPSA) is 45.7 Å². The number of aliphatic imine (C=N–C) groups is 1. The Bertz CT molecular complexity index is 441. The van der Waals surface area contributed by atoms with Crippen molar-refractivity contribution < 1.29 is 4.74 Å². The fraction of sp³-hybridized carbons (Fsp3) is 0.562. The van der Waals surface area contributed by atoms with Crippen molar-refractivity contribution in [3.05, 3.63) is 29.8 Å². The van der Waals surface area contributed by atoms with E-state index >= 15 is 0 Å². The van der Waals surface area contributed by atoms with E-state index in [1.165, 1.54) is 24.8 Å². The summed E-state index contributed by atoms with van der Waals surface area (Å²) in [5.41, 5.74) is 1.22. The Balaban J connectivity index is 1.69. The number of nitrogens with zero attached hydrogens (tertiary/aromatic N) is 1. The van der Waals surface area contributed by atoms with E-state index in [0.717, 1.165) is 37.1 Å². The molecular formula is C16H25N3O. The maximum absolute atomic E-state index is 5.35. The molecule has 1 fully saturated rings. The Hall–Kier alpha value is -1.71. The fourth-order valence-corrected chi connectivity index (χ4v) is 2.25. The normalized spacial score (nSPS) is 15.0. The molecule has 0 amide bonds. The lowest BCUT2D eigenvalue weighted by Crippen LogP contribution is -2.38. The van der Waals surface area contributed by atoms with Crippen molar-refractivity contribution in [1.82, 2.24) is 10.6 Å². The molecule has 2 N–H and O–H groups in total. The molecule has 0 saturated heterocycles. The molecule has 0 atom stereocenters. The van der Waals surface area contributed by atoms with E-state index in [9.17, 15) is 0 Å². The lowest BCUT2D eigenvalue weighted by molar-refractivity contribution is 0.409. The van der Waals surface area contributed by atoms with E-state index in [-0.39, 0.29) is 0 Å². The van der Waals surface area contributed by atoms with Crippen LogP contribution < -0.4 is 15.4 Å². The number of hydrogen-bond donors (Lipinski definition) is 2. The number of rotatable bonds is 7. The van der Waals surface area contributed by atoms with Gasteiger partial charge in [-0.2, -0.15) is 0 Å². The number of ether oxygens (including phenoxy) is 1. The second-order valence-corrected chi connectivity index (χ2v) is 5.22. The van der Waals surface area contributed by atoms with Gasteiger partial charge in [-0.05, 0) is 30.4 Å². The molecule has 0 bridgehead atoms. The minimum Gasteiger partial charge on any atom is -0.496 e. The summed E-state index contributed by atoms with van der Waals surface area (Å²) in [5, 5.41) is 6.71. The van der Waals surface area contributed by atoms with Crippen molar-refractivity contribution >= 4 is 5.96 Å². The smallest absolute Gasteiger partial charge is 0.190 e. The highest BCUT2D eigenvalue weighted by Gasteiger charge is 2.20. The van der Waals surface area contributed by atoms with Crippen LogP contribution in [0.25, 0.3) is 0 Å². The molecule has 0 aliphatic heterocycles. The number of guanidine groups is 1. The van der Waals surface area contributed by atoms with Gasteiger partial charge in [-0.3, -0.25) is 4.99 Å². The van der Waals surface area contributed by atoms with E-state index in [4.69, 9.17) is 4.74 Å². The highest BCUT2D eigenvalue weighted by atomic mass is 16.5. The van der Waals surface area contributed by atoms with Crippen molar-refractivity contribution in [2.24, 2.45) is 10.9 Å². The van der Waals surface area contributed by atoms with Gasteiger partial charge >= 0.3 is 0 Å². The van der Waals surface area contributed by atoms with Gasteiger partial charge in [-0.25, -0.2) is 0 Å². The number of nitrogens with one attached hydrogen (secondary N) is 2. The molecule has 0 aromatic heterocycles. The Kier molecular flexibility index (Phi) is 5.71. The molecule has 1 aliphatic rings. The first kappa shape index (κ1) is 14.7. The quantitative estimate of drug-likeness (QED) is 0.592. The Morgan fingerprint density at radius 3 is 2.70 bits per heavy atom. The van der Waals surface area contributed by atoms with Crippen LogP contribution in [-0.4, -0.2) is 33.2 Å². The molecule has 1 saturated carbocycles. The van der Waals surface area contributed by atoms with Crippen LogP contribution in [0.3, 0.4) is 0 Å². The van der Waals surface area contributed by atoms with Crippen molar-refractivity contribution in [2.45, 2.75) is 25.7 Å². The molecule has 2 rings (SSSR count). The zero-order valence-corrected chi connectivity index (χ0v) is 12.5. The fourth-order valence-electron chi connectivity index (χ4n) is 2.25. The monoisotopic (exact) mass is 275 g/mol. The lowest BCUT2D eigenvalue weighted by Gasteiger charge is -2.12. The molecule has 1 aromatic carbocycles. The molecule has 4 heteroatoms. The van der Waals surface area contributed by atoms with Gasteiger partial charge in [0.25, 0.3) is 0 Å². The molecule has 0 spiro atoms. The standard InChI is InChI=1S/C16H25N3O/c1-17-16(18-11-9-13-7-8-13)19-12-10-14-5-3-4-6-15(14)20-2/h3-6,13H,7-12H2,1-2H3,(H2,17,18,19). The molecule has 0 heterocycles. The predicted molar refractivity (Wildman–Crippen MR) is 83.4 cm³/mol. The molecule has 20 heavy (non-hydrogen) atoms. The summed E-state index contributed by atoms with van der Waals surface area (Å²) in [6.45, 7) is 1.86. The largest absolute Gasteiger partial charge is 0.496 e. The van der Waals surface area contributed by atoms with Gasteiger partial charge in [0.15, 0.2) is 5.96 Å². The SMILES string of the molecule is CN=C(NCCc1ccccc1OC)NCCC1CC1. The van der Waals surface area contributed by atoms with Gasteiger partial charge in [-0.1, -0.05) is 31.0 Å². The summed E-state index contributed by atoms with van der Waals surface area (Å²) in [4.78, 5) is 4.24. The molecule has 0 radical (unpaired) electrons. The van der Waals surface area contributed by atoms with Gasteiger partial charge in [0.2, 0.25) is 0 Å². The lowest BCUT2D eigenvalue weighted by atomic mass is 10.1. The van der Waals surface area contributed by atoms with Crippen LogP contribution >= 0.6 is 0 Å². The molecule has 0 unspecified atom stereocenters. The van der Waals surface area contributed by atoms with Crippen LogP contribution in [0.5, 0.6) is 5.75 Å². The molecule has 1 aliphatic carbocycles. The third-order valence-corrected chi connectivity index (χ3v) is 3.64. The Morgan fingerprint density at radius 2 is 2.00 bits per heavy atom. The van der Waals surface area contributed by atoms with Crippen molar-refractivity contribution in [2.75, 3.05) is 27.2 Å². The average molecular weight is 275 g/mol. The zero-order valence-electron chi connectivity index (χ0n) is 12.5.